The number of hydrogen-bond donors (Lipinski definition) is 0. The van der Waals surface area contributed by atoms with E-state index in [4.69, 9.17) is 0 Å². The summed E-state index contributed by atoms with van der Waals surface area (Å²) in [4.78, 5) is 0. The first-order valence-corrected chi connectivity index (χ1v) is 5.00. The summed E-state index contributed by atoms with van der Waals surface area (Å²) in [6, 6.07) is 0. The monoisotopic (exact) mass is 168 g/mol. The maximum absolute atomic E-state index is 2.35. The minimum absolute atomic E-state index is 0.410. The molecule has 0 saturated heterocycles. The second kappa shape index (κ2) is 4.69. The van der Waals surface area contributed by atoms with Crippen LogP contribution in [0, 0.1) is 17.3 Å². The highest BCUT2D eigenvalue weighted by molar-refractivity contribution is 4.91. The molecule has 0 bridgehead atoms. The number of rotatable bonds is 3. The molecule has 0 amide bonds. The van der Waals surface area contributed by atoms with E-state index in [0.717, 1.165) is 5.92 Å². The molecule has 0 aromatic heterocycles. The van der Waals surface area contributed by atoms with Gasteiger partial charge < -0.3 is 0 Å². The van der Waals surface area contributed by atoms with Gasteiger partial charge in [0.15, 0.2) is 0 Å². The maximum atomic E-state index is 2.35. The third-order valence-corrected chi connectivity index (χ3v) is 2.40. The topological polar surface area (TPSA) is 0 Å². The van der Waals surface area contributed by atoms with Gasteiger partial charge in [-0.25, -0.2) is 0 Å². The van der Waals surface area contributed by atoms with Gasteiger partial charge in [0, 0.05) is 0 Å². The molecule has 0 spiro atoms. The van der Waals surface area contributed by atoms with Crippen molar-refractivity contribution in [3.8, 4) is 0 Å². The van der Waals surface area contributed by atoms with Gasteiger partial charge in [0.25, 0.3) is 0 Å². The van der Waals surface area contributed by atoms with Crippen molar-refractivity contribution in [3.05, 3.63) is 12.2 Å². The van der Waals surface area contributed by atoms with Crippen molar-refractivity contribution in [3.63, 3.8) is 0 Å². The largest absolute Gasteiger partial charge is 0.0880 e. The Hall–Kier alpha value is -0.260. The summed E-state index contributed by atoms with van der Waals surface area (Å²) >= 11 is 0. The summed E-state index contributed by atoms with van der Waals surface area (Å²) in [6.45, 7) is 13.7. The molecule has 0 heterocycles. The normalized spacial score (nSPS) is 15.9. The fourth-order valence-corrected chi connectivity index (χ4v) is 0.844. The van der Waals surface area contributed by atoms with E-state index in [9.17, 15) is 0 Å². The van der Waals surface area contributed by atoms with E-state index in [-0.39, 0.29) is 0 Å². The zero-order valence-corrected chi connectivity index (χ0v) is 9.52. The van der Waals surface area contributed by atoms with Gasteiger partial charge in [-0.15, -0.1) is 0 Å². The SMILES string of the molecule is CC(C)CC=CC(C)C(C)(C)C. The van der Waals surface area contributed by atoms with E-state index in [0.29, 0.717) is 11.3 Å². The van der Waals surface area contributed by atoms with Gasteiger partial charge in [-0.2, -0.15) is 0 Å². The van der Waals surface area contributed by atoms with Gasteiger partial charge in [0.2, 0.25) is 0 Å². The molecule has 0 rings (SSSR count). The average molecular weight is 168 g/mol. The van der Waals surface area contributed by atoms with Crippen LogP contribution >= 0.6 is 0 Å². The summed E-state index contributed by atoms with van der Waals surface area (Å²) in [6.07, 6.45) is 5.88. The third kappa shape index (κ3) is 5.40. The van der Waals surface area contributed by atoms with E-state index in [1.54, 1.807) is 0 Å². The van der Waals surface area contributed by atoms with Crippen LogP contribution < -0.4 is 0 Å². The zero-order valence-electron chi connectivity index (χ0n) is 9.52. The van der Waals surface area contributed by atoms with Crippen molar-refractivity contribution in [2.24, 2.45) is 17.3 Å². The maximum Gasteiger partial charge on any atom is -0.0213 e. The van der Waals surface area contributed by atoms with Crippen LogP contribution in [0.1, 0.15) is 48.0 Å². The molecule has 0 aliphatic rings. The summed E-state index contributed by atoms with van der Waals surface area (Å²) in [7, 11) is 0. The highest BCUT2D eigenvalue weighted by Crippen LogP contribution is 2.26. The van der Waals surface area contributed by atoms with E-state index < -0.39 is 0 Å². The number of hydrogen-bond acceptors (Lipinski definition) is 0. The Bertz CT molecular complexity index is 135. The Labute approximate surface area is 78.1 Å². The predicted molar refractivity (Wildman–Crippen MR) is 57.2 cm³/mol. The van der Waals surface area contributed by atoms with Gasteiger partial charge in [0.05, 0.1) is 0 Å². The van der Waals surface area contributed by atoms with Crippen LogP contribution in [-0.2, 0) is 0 Å². The quantitative estimate of drug-likeness (QED) is 0.552. The smallest absolute Gasteiger partial charge is 0.0213 e. The van der Waals surface area contributed by atoms with Crippen LogP contribution in [0.4, 0.5) is 0 Å². The van der Waals surface area contributed by atoms with Crippen molar-refractivity contribution in [2.75, 3.05) is 0 Å². The van der Waals surface area contributed by atoms with Gasteiger partial charge >= 0.3 is 0 Å². The lowest BCUT2D eigenvalue weighted by Crippen LogP contribution is -2.14. The Kier molecular flexibility index (Phi) is 4.59. The van der Waals surface area contributed by atoms with E-state index in [2.05, 4.69) is 53.7 Å². The predicted octanol–water partition coefficient (Wildman–Crippen LogP) is 4.27. The van der Waals surface area contributed by atoms with Gasteiger partial charge in [-0.05, 0) is 23.7 Å². The first kappa shape index (κ1) is 11.7. The fraction of sp³-hybridized carbons (Fsp3) is 0.833. The molecule has 0 radical (unpaired) electrons. The molecule has 1 atom stereocenters. The third-order valence-electron chi connectivity index (χ3n) is 2.40. The van der Waals surface area contributed by atoms with Crippen LogP contribution in [0.2, 0.25) is 0 Å². The Morgan fingerprint density at radius 1 is 1.08 bits per heavy atom. The van der Waals surface area contributed by atoms with Crippen molar-refractivity contribution >= 4 is 0 Å². The second-order valence-corrected chi connectivity index (χ2v) is 5.21. The Morgan fingerprint density at radius 3 is 1.92 bits per heavy atom. The first-order chi connectivity index (χ1) is 5.34. The highest BCUT2D eigenvalue weighted by atomic mass is 14.2. The lowest BCUT2D eigenvalue weighted by molar-refractivity contribution is 0.314. The van der Waals surface area contributed by atoms with Gasteiger partial charge in [0.1, 0.15) is 0 Å². The molecule has 72 valence electrons. The van der Waals surface area contributed by atoms with Crippen molar-refractivity contribution in [2.45, 2.75) is 48.0 Å². The molecule has 0 nitrogen and oxygen atoms in total. The molecular weight excluding hydrogens is 144 g/mol. The van der Waals surface area contributed by atoms with Crippen LogP contribution in [0.15, 0.2) is 12.2 Å². The lowest BCUT2D eigenvalue weighted by Gasteiger charge is -2.24. The minimum Gasteiger partial charge on any atom is -0.0880 e. The van der Waals surface area contributed by atoms with E-state index in [1.165, 1.54) is 6.42 Å². The van der Waals surface area contributed by atoms with Crippen LogP contribution in [0.3, 0.4) is 0 Å². The molecule has 0 aliphatic heterocycles. The summed E-state index contributed by atoms with van der Waals surface area (Å²) in [5, 5.41) is 0. The molecule has 0 N–H and O–H groups in total. The molecule has 0 aromatic carbocycles. The van der Waals surface area contributed by atoms with E-state index in [1.807, 2.05) is 0 Å². The van der Waals surface area contributed by atoms with Crippen molar-refractivity contribution in [1.29, 1.82) is 0 Å². The standard InChI is InChI=1S/C12H24/c1-10(2)8-7-9-11(3)12(4,5)6/h7,9-11H,8H2,1-6H3. The molecule has 0 heteroatoms. The van der Waals surface area contributed by atoms with Crippen LogP contribution in [0.25, 0.3) is 0 Å². The summed E-state index contributed by atoms with van der Waals surface area (Å²) in [5.74, 6) is 1.46. The van der Waals surface area contributed by atoms with Gasteiger partial charge in [-0.1, -0.05) is 53.7 Å². The molecule has 0 fully saturated rings. The Morgan fingerprint density at radius 2 is 1.58 bits per heavy atom. The van der Waals surface area contributed by atoms with Crippen LogP contribution in [-0.4, -0.2) is 0 Å². The molecule has 0 saturated carbocycles. The first-order valence-electron chi connectivity index (χ1n) is 5.00. The minimum atomic E-state index is 0.410. The fourth-order valence-electron chi connectivity index (χ4n) is 0.844. The molecule has 12 heavy (non-hydrogen) atoms. The molecule has 1 unspecified atom stereocenters. The highest BCUT2D eigenvalue weighted by Gasteiger charge is 2.16. The number of allylic oxidation sites excluding steroid dienone is 2. The zero-order chi connectivity index (χ0) is 9.78. The molecule has 0 aromatic rings. The van der Waals surface area contributed by atoms with Crippen molar-refractivity contribution in [1.82, 2.24) is 0 Å². The van der Waals surface area contributed by atoms with Crippen LogP contribution in [0.5, 0.6) is 0 Å². The van der Waals surface area contributed by atoms with Gasteiger partial charge in [-0.3, -0.25) is 0 Å². The molecule has 0 aliphatic carbocycles. The van der Waals surface area contributed by atoms with Crippen molar-refractivity contribution < 1.29 is 0 Å². The average Bonchev–Trinajstić information content (AvgIpc) is 1.84. The second-order valence-electron chi connectivity index (χ2n) is 5.21. The summed E-state index contributed by atoms with van der Waals surface area (Å²) < 4.78 is 0. The Balaban J connectivity index is 3.84. The molecular formula is C12H24. The summed E-state index contributed by atoms with van der Waals surface area (Å²) in [5.41, 5.74) is 0.410. The lowest BCUT2D eigenvalue weighted by atomic mass is 9.82. The van der Waals surface area contributed by atoms with E-state index >= 15 is 0 Å².